The first kappa shape index (κ1) is 14.9. The molecule has 0 fully saturated rings. The number of H-pyrrole nitrogens is 1. The number of carbonyl (C=O) groups is 1. The van der Waals surface area contributed by atoms with Crippen LogP contribution in [0.5, 0.6) is 5.88 Å². The predicted molar refractivity (Wildman–Crippen MR) is 79.5 cm³/mol. The third-order valence-electron chi connectivity index (χ3n) is 3.53. The first-order valence-corrected chi connectivity index (χ1v) is 6.66. The quantitative estimate of drug-likeness (QED) is 0.663. The van der Waals surface area contributed by atoms with Crippen LogP contribution in [0.2, 0.25) is 0 Å². The zero-order valence-corrected chi connectivity index (χ0v) is 12.9. The van der Waals surface area contributed by atoms with Crippen LogP contribution >= 0.6 is 0 Å². The maximum absolute atomic E-state index is 12.0. The number of aromatic nitrogens is 2. The maximum atomic E-state index is 12.0. The summed E-state index contributed by atoms with van der Waals surface area (Å²) >= 11 is 0. The van der Waals surface area contributed by atoms with Gasteiger partial charge in [-0.2, -0.15) is 0 Å². The molecule has 0 bridgehead atoms. The number of carbonyl (C=O) groups excluding carboxylic acids is 1. The van der Waals surface area contributed by atoms with Crippen LogP contribution in [0.4, 0.5) is 0 Å². The molecule has 0 saturated carbocycles. The van der Waals surface area contributed by atoms with Crippen LogP contribution < -0.4 is 10.3 Å². The summed E-state index contributed by atoms with van der Waals surface area (Å²) in [7, 11) is 3.50. The van der Waals surface area contributed by atoms with Gasteiger partial charge in [0.15, 0.2) is 0 Å². The van der Waals surface area contributed by atoms with Gasteiger partial charge in [-0.25, -0.2) is 0 Å². The lowest BCUT2D eigenvalue weighted by Gasteiger charge is -2.11. The van der Waals surface area contributed by atoms with Gasteiger partial charge in [-0.15, -0.1) is 0 Å². The molecule has 1 aromatic rings. The molecule has 1 unspecified atom stereocenters. The third-order valence-corrected chi connectivity index (χ3v) is 3.53. The average Bonchev–Trinajstić information content (AvgIpc) is 2.77. The van der Waals surface area contributed by atoms with Gasteiger partial charge in [0, 0.05) is 39.2 Å². The molecule has 0 spiro atoms. The second kappa shape index (κ2) is 5.50. The van der Waals surface area contributed by atoms with Crippen molar-refractivity contribution in [2.24, 2.45) is 13.0 Å². The van der Waals surface area contributed by atoms with Gasteiger partial charge in [0.2, 0.25) is 5.88 Å². The Morgan fingerprint density at radius 2 is 2.14 bits per heavy atom. The minimum atomic E-state index is -0.483. The van der Waals surface area contributed by atoms with E-state index in [1.54, 1.807) is 13.1 Å². The number of ether oxygens (including phenoxy) is 1. The second-order valence-corrected chi connectivity index (χ2v) is 5.19. The normalized spacial score (nSPS) is 17.6. The summed E-state index contributed by atoms with van der Waals surface area (Å²) in [5.41, 5.74) is 5.35. The SMILES string of the molecule is CC(=O)Oc1[nH]n(C)c(=O)c1C=C=C1C(C)C(C)=CN1C. The number of hydrogen-bond acceptors (Lipinski definition) is 4. The number of nitrogens with one attached hydrogen (secondary N) is 1. The van der Waals surface area contributed by atoms with E-state index in [1.807, 2.05) is 18.1 Å². The van der Waals surface area contributed by atoms with Crippen LogP contribution in [-0.4, -0.2) is 27.7 Å². The van der Waals surface area contributed by atoms with Gasteiger partial charge < -0.3 is 9.64 Å². The highest BCUT2D eigenvalue weighted by Crippen LogP contribution is 2.29. The maximum Gasteiger partial charge on any atom is 0.309 e. The summed E-state index contributed by atoms with van der Waals surface area (Å²) in [5, 5.41) is 2.70. The van der Waals surface area contributed by atoms with Crippen LogP contribution in [0.3, 0.4) is 0 Å². The second-order valence-electron chi connectivity index (χ2n) is 5.19. The Hall–Kier alpha value is -2.46. The fourth-order valence-corrected chi connectivity index (χ4v) is 2.27. The molecule has 1 aliphatic heterocycles. The zero-order chi connectivity index (χ0) is 15.7. The Balaban J connectivity index is 2.47. The van der Waals surface area contributed by atoms with Crippen LogP contribution in [0, 0.1) is 5.92 Å². The Morgan fingerprint density at radius 1 is 1.48 bits per heavy atom. The molecule has 2 rings (SSSR count). The molecule has 112 valence electrons. The fraction of sp³-hybridized carbons (Fsp3) is 0.400. The number of esters is 1. The van der Waals surface area contributed by atoms with Crippen molar-refractivity contribution in [1.82, 2.24) is 14.7 Å². The Labute approximate surface area is 123 Å². The van der Waals surface area contributed by atoms with E-state index in [9.17, 15) is 9.59 Å². The monoisotopic (exact) mass is 289 g/mol. The van der Waals surface area contributed by atoms with Gasteiger partial charge in [0.25, 0.3) is 5.56 Å². The molecule has 6 heteroatoms. The molecule has 2 heterocycles. The summed E-state index contributed by atoms with van der Waals surface area (Å²) < 4.78 is 6.28. The van der Waals surface area contributed by atoms with Gasteiger partial charge in [-0.1, -0.05) is 12.7 Å². The number of aromatic amines is 1. The molecule has 1 N–H and O–H groups in total. The van der Waals surface area contributed by atoms with E-state index in [1.165, 1.54) is 17.2 Å². The lowest BCUT2D eigenvalue weighted by molar-refractivity contribution is -0.132. The van der Waals surface area contributed by atoms with Crippen LogP contribution in [0.1, 0.15) is 26.3 Å². The van der Waals surface area contributed by atoms with Crippen LogP contribution in [-0.2, 0) is 11.8 Å². The van der Waals surface area contributed by atoms with Crippen molar-refractivity contribution in [3.8, 4) is 5.88 Å². The molecule has 21 heavy (non-hydrogen) atoms. The van der Waals surface area contributed by atoms with Crippen molar-refractivity contribution in [2.75, 3.05) is 7.05 Å². The molecule has 1 aromatic heterocycles. The highest BCUT2D eigenvalue weighted by atomic mass is 16.5. The van der Waals surface area contributed by atoms with E-state index in [2.05, 4.69) is 24.7 Å². The molecule has 6 nitrogen and oxygen atoms in total. The van der Waals surface area contributed by atoms with E-state index in [-0.39, 0.29) is 22.9 Å². The van der Waals surface area contributed by atoms with E-state index in [4.69, 9.17) is 4.74 Å². The molecule has 1 atom stereocenters. The summed E-state index contributed by atoms with van der Waals surface area (Å²) in [6.07, 6.45) is 3.59. The molecule has 1 aliphatic rings. The Bertz CT molecular complexity index is 730. The van der Waals surface area contributed by atoms with Crippen LogP contribution in [0.25, 0.3) is 6.08 Å². The number of hydrogen-bond donors (Lipinski definition) is 1. The molecule has 0 amide bonds. The molecule has 0 aliphatic carbocycles. The summed E-state index contributed by atoms with van der Waals surface area (Å²) in [6, 6.07) is 0. The van der Waals surface area contributed by atoms with Crippen molar-refractivity contribution in [2.45, 2.75) is 20.8 Å². The van der Waals surface area contributed by atoms with Crippen LogP contribution in [0.15, 0.2) is 28.0 Å². The Kier molecular flexibility index (Phi) is 3.91. The van der Waals surface area contributed by atoms with E-state index in [0.717, 1.165) is 5.70 Å². The van der Waals surface area contributed by atoms with Crippen molar-refractivity contribution in [3.05, 3.63) is 39.1 Å². The molecular weight excluding hydrogens is 270 g/mol. The first-order chi connectivity index (χ1) is 9.81. The lowest BCUT2D eigenvalue weighted by atomic mass is 10.0. The summed E-state index contributed by atoms with van der Waals surface area (Å²) in [5.74, 6) is -0.102. The minimum absolute atomic E-state index is 0.140. The number of allylic oxidation sites excluding steroid dienone is 1. The largest absolute Gasteiger partial charge is 0.407 e. The van der Waals surface area contributed by atoms with Crippen molar-refractivity contribution in [1.29, 1.82) is 0 Å². The van der Waals surface area contributed by atoms with Gasteiger partial charge in [-0.3, -0.25) is 19.4 Å². The smallest absolute Gasteiger partial charge is 0.309 e. The minimum Gasteiger partial charge on any atom is -0.407 e. The molecule has 0 saturated heterocycles. The third kappa shape index (κ3) is 2.85. The highest BCUT2D eigenvalue weighted by molar-refractivity contribution is 5.70. The fourth-order valence-electron chi connectivity index (χ4n) is 2.27. The Morgan fingerprint density at radius 3 is 2.67 bits per heavy atom. The zero-order valence-electron chi connectivity index (χ0n) is 12.9. The number of nitrogens with zero attached hydrogens (tertiary/aromatic N) is 2. The van der Waals surface area contributed by atoms with E-state index >= 15 is 0 Å². The summed E-state index contributed by atoms with van der Waals surface area (Å²) in [4.78, 5) is 25.1. The number of rotatable bonds is 2. The van der Waals surface area contributed by atoms with Gasteiger partial charge >= 0.3 is 5.97 Å². The van der Waals surface area contributed by atoms with Crippen molar-refractivity contribution >= 4 is 12.0 Å². The van der Waals surface area contributed by atoms with E-state index < -0.39 is 5.97 Å². The molecule has 0 radical (unpaired) electrons. The van der Waals surface area contributed by atoms with Gasteiger partial charge in [0.1, 0.15) is 5.56 Å². The van der Waals surface area contributed by atoms with Crippen molar-refractivity contribution < 1.29 is 9.53 Å². The average molecular weight is 289 g/mol. The molecule has 0 aromatic carbocycles. The standard InChI is InChI=1S/C15H19N3O3/c1-9-8-17(4)13(10(9)2)7-6-12-14(21-11(3)19)16-18(5)15(12)20/h6,8,10,16H,1-5H3. The predicted octanol–water partition coefficient (Wildman–Crippen LogP) is 1.62. The summed E-state index contributed by atoms with van der Waals surface area (Å²) in [6.45, 7) is 5.42. The highest BCUT2D eigenvalue weighted by Gasteiger charge is 2.21. The van der Waals surface area contributed by atoms with Gasteiger partial charge in [0.05, 0.1) is 5.70 Å². The first-order valence-electron chi connectivity index (χ1n) is 6.66. The molecular formula is C15H19N3O3. The topological polar surface area (TPSA) is 67.3 Å². The van der Waals surface area contributed by atoms with Crippen molar-refractivity contribution in [3.63, 3.8) is 0 Å². The lowest BCUT2D eigenvalue weighted by Crippen LogP contribution is -2.13. The van der Waals surface area contributed by atoms with E-state index in [0.29, 0.717) is 0 Å². The van der Waals surface area contributed by atoms with Gasteiger partial charge in [-0.05, 0) is 12.5 Å². The number of aryl methyl sites for hydroxylation is 1.